The first-order chi connectivity index (χ1) is 8.59. The zero-order chi connectivity index (χ0) is 13.1. The van der Waals surface area contributed by atoms with Crippen LogP contribution in [0.3, 0.4) is 0 Å². The third-order valence-electron chi connectivity index (χ3n) is 2.87. The fraction of sp³-hybridized carbons (Fsp3) is 0.417. The Kier molecular flexibility index (Phi) is 4.40. The molecular weight excluding hydrogens is 274 g/mol. The van der Waals surface area contributed by atoms with Crippen molar-refractivity contribution in [1.29, 1.82) is 0 Å². The Bertz CT molecular complexity index is 460. The van der Waals surface area contributed by atoms with Crippen molar-refractivity contribution in [3.05, 3.63) is 29.3 Å². The van der Waals surface area contributed by atoms with E-state index in [1.165, 1.54) is 12.1 Å². The summed E-state index contributed by atoms with van der Waals surface area (Å²) < 4.78 is 27.5. The molecule has 1 aliphatic rings. The molecule has 1 aliphatic heterocycles. The molecule has 1 saturated heterocycles. The number of rotatable bonds is 3. The fourth-order valence-electron chi connectivity index (χ4n) is 1.93. The van der Waals surface area contributed by atoms with Gasteiger partial charge in [0.15, 0.2) is 11.6 Å². The number of nitrogens with one attached hydrogen (secondary N) is 1. The SMILES string of the molecule is NC(=S)c1ccc(NC2CCCSC2)c(F)c1F. The van der Waals surface area contributed by atoms with Gasteiger partial charge in [0, 0.05) is 17.4 Å². The normalized spacial score (nSPS) is 19.6. The number of nitrogens with two attached hydrogens (primary N) is 1. The topological polar surface area (TPSA) is 38.0 Å². The molecule has 98 valence electrons. The number of halogens is 2. The molecule has 2 nitrogen and oxygen atoms in total. The van der Waals surface area contributed by atoms with Crippen LogP contribution in [-0.2, 0) is 0 Å². The number of anilines is 1. The first-order valence-corrected chi connectivity index (χ1v) is 7.28. The van der Waals surface area contributed by atoms with Crippen LogP contribution in [-0.4, -0.2) is 22.5 Å². The van der Waals surface area contributed by atoms with E-state index in [9.17, 15) is 8.78 Å². The van der Waals surface area contributed by atoms with Crippen molar-refractivity contribution in [3.8, 4) is 0 Å². The molecule has 1 heterocycles. The first-order valence-electron chi connectivity index (χ1n) is 5.71. The summed E-state index contributed by atoms with van der Waals surface area (Å²) in [7, 11) is 0. The lowest BCUT2D eigenvalue weighted by Gasteiger charge is -2.24. The maximum atomic E-state index is 13.8. The molecule has 1 unspecified atom stereocenters. The lowest BCUT2D eigenvalue weighted by Crippen LogP contribution is -2.26. The van der Waals surface area contributed by atoms with Gasteiger partial charge in [0.05, 0.1) is 5.69 Å². The maximum Gasteiger partial charge on any atom is 0.182 e. The minimum atomic E-state index is -0.976. The van der Waals surface area contributed by atoms with E-state index < -0.39 is 11.6 Å². The summed E-state index contributed by atoms with van der Waals surface area (Å²) in [5, 5.41) is 3.04. The fourth-order valence-corrected chi connectivity index (χ4v) is 3.16. The van der Waals surface area contributed by atoms with Gasteiger partial charge in [-0.15, -0.1) is 0 Å². The average Bonchev–Trinajstić information content (AvgIpc) is 2.36. The summed E-state index contributed by atoms with van der Waals surface area (Å²) in [5.74, 6) is 0.167. The molecule has 0 bridgehead atoms. The van der Waals surface area contributed by atoms with Gasteiger partial charge < -0.3 is 11.1 Å². The summed E-state index contributed by atoms with van der Waals surface area (Å²) in [5.41, 5.74) is 5.45. The van der Waals surface area contributed by atoms with Gasteiger partial charge >= 0.3 is 0 Å². The molecule has 6 heteroatoms. The lowest BCUT2D eigenvalue weighted by molar-refractivity contribution is 0.507. The monoisotopic (exact) mass is 288 g/mol. The number of thioether (sulfide) groups is 1. The second kappa shape index (κ2) is 5.84. The lowest BCUT2D eigenvalue weighted by atomic mass is 10.1. The Morgan fingerprint density at radius 3 is 2.78 bits per heavy atom. The smallest absolute Gasteiger partial charge is 0.182 e. The van der Waals surface area contributed by atoms with Crippen molar-refractivity contribution in [2.24, 2.45) is 5.73 Å². The highest BCUT2D eigenvalue weighted by molar-refractivity contribution is 7.99. The van der Waals surface area contributed by atoms with Gasteiger partial charge in [-0.3, -0.25) is 0 Å². The van der Waals surface area contributed by atoms with Gasteiger partial charge in [-0.1, -0.05) is 12.2 Å². The predicted molar refractivity (Wildman–Crippen MR) is 76.2 cm³/mol. The van der Waals surface area contributed by atoms with Gasteiger partial charge in [-0.2, -0.15) is 11.8 Å². The second-order valence-electron chi connectivity index (χ2n) is 4.21. The van der Waals surface area contributed by atoms with E-state index in [0.29, 0.717) is 0 Å². The van der Waals surface area contributed by atoms with Crippen molar-refractivity contribution in [3.63, 3.8) is 0 Å². The summed E-state index contributed by atoms with van der Waals surface area (Å²) in [6.07, 6.45) is 2.07. The van der Waals surface area contributed by atoms with E-state index in [0.717, 1.165) is 24.3 Å². The Balaban J connectivity index is 2.18. The summed E-state index contributed by atoms with van der Waals surface area (Å²) in [6, 6.07) is 3.10. The molecule has 0 amide bonds. The van der Waals surface area contributed by atoms with Crippen LogP contribution >= 0.6 is 24.0 Å². The summed E-state index contributed by atoms with van der Waals surface area (Å²) in [4.78, 5) is -0.133. The molecule has 0 radical (unpaired) electrons. The van der Waals surface area contributed by atoms with E-state index >= 15 is 0 Å². The quantitative estimate of drug-likeness (QED) is 0.839. The highest BCUT2D eigenvalue weighted by Gasteiger charge is 2.19. The minimum Gasteiger partial charge on any atom is -0.389 e. The average molecular weight is 288 g/mol. The van der Waals surface area contributed by atoms with Gasteiger partial charge in [-0.25, -0.2) is 8.78 Å². The van der Waals surface area contributed by atoms with Gasteiger partial charge in [-0.05, 0) is 30.7 Å². The van der Waals surface area contributed by atoms with Crippen molar-refractivity contribution < 1.29 is 8.78 Å². The van der Waals surface area contributed by atoms with Crippen molar-refractivity contribution >= 4 is 34.7 Å². The van der Waals surface area contributed by atoms with E-state index in [1.54, 1.807) is 0 Å². The molecule has 3 N–H and O–H groups in total. The molecule has 0 saturated carbocycles. The molecular formula is C12H14F2N2S2. The molecule has 1 atom stereocenters. The standard InChI is InChI=1S/C12H14F2N2S2/c13-10-8(12(15)17)3-4-9(11(10)14)16-7-2-1-5-18-6-7/h3-4,7,16H,1-2,5-6H2,(H2,15,17). The predicted octanol–water partition coefficient (Wildman–Crippen LogP) is 2.91. The van der Waals surface area contributed by atoms with Crippen LogP contribution in [0.2, 0.25) is 0 Å². The Morgan fingerprint density at radius 1 is 1.39 bits per heavy atom. The van der Waals surface area contributed by atoms with Crippen LogP contribution < -0.4 is 11.1 Å². The van der Waals surface area contributed by atoms with Crippen LogP contribution in [0.5, 0.6) is 0 Å². The number of hydrogen-bond donors (Lipinski definition) is 2. The van der Waals surface area contributed by atoms with E-state index in [-0.39, 0.29) is 22.3 Å². The zero-order valence-corrected chi connectivity index (χ0v) is 11.3. The molecule has 2 rings (SSSR count). The highest BCUT2D eigenvalue weighted by Crippen LogP contribution is 2.25. The molecule has 0 aliphatic carbocycles. The Hall–Kier alpha value is -0.880. The molecule has 0 aromatic heterocycles. The first kappa shape index (κ1) is 13.5. The van der Waals surface area contributed by atoms with Crippen LogP contribution in [0, 0.1) is 11.6 Å². The highest BCUT2D eigenvalue weighted by atomic mass is 32.2. The van der Waals surface area contributed by atoms with Crippen LogP contribution in [0.15, 0.2) is 12.1 Å². The zero-order valence-electron chi connectivity index (χ0n) is 9.71. The van der Waals surface area contributed by atoms with Gasteiger partial charge in [0.25, 0.3) is 0 Å². The van der Waals surface area contributed by atoms with E-state index in [4.69, 9.17) is 5.73 Å². The van der Waals surface area contributed by atoms with Gasteiger partial charge in [0.1, 0.15) is 4.99 Å². The van der Waals surface area contributed by atoms with Crippen molar-refractivity contribution in [1.82, 2.24) is 0 Å². The summed E-state index contributed by atoms with van der Waals surface area (Å²) in [6.45, 7) is 0. The van der Waals surface area contributed by atoms with Crippen molar-refractivity contribution in [2.75, 3.05) is 16.8 Å². The largest absolute Gasteiger partial charge is 0.389 e. The second-order valence-corrected chi connectivity index (χ2v) is 5.80. The number of thiocarbonyl (C=S) groups is 1. The molecule has 18 heavy (non-hydrogen) atoms. The third kappa shape index (κ3) is 2.92. The van der Waals surface area contributed by atoms with E-state index in [1.807, 2.05) is 11.8 Å². The third-order valence-corrected chi connectivity index (χ3v) is 4.30. The van der Waals surface area contributed by atoms with Crippen LogP contribution in [0.4, 0.5) is 14.5 Å². The van der Waals surface area contributed by atoms with Crippen molar-refractivity contribution in [2.45, 2.75) is 18.9 Å². The molecule has 1 aromatic carbocycles. The van der Waals surface area contributed by atoms with Crippen LogP contribution in [0.25, 0.3) is 0 Å². The van der Waals surface area contributed by atoms with Gasteiger partial charge in [0.2, 0.25) is 0 Å². The minimum absolute atomic E-state index is 0.0499. The maximum absolute atomic E-state index is 13.8. The summed E-state index contributed by atoms with van der Waals surface area (Å²) >= 11 is 6.48. The van der Waals surface area contributed by atoms with E-state index in [2.05, 4.69) is 17.5 Å². The van der Waals surface area contributed by atoms with Crippen LogP contribution in [0.1, 0.15) is 18.4 Å². The number of benzene rings is 1. The molecule has 0 spiro atoms. The molecule has 1 fully saturated rings. The Labute approximate surface area is 114 Å². The molecule has 1 aromatic rings. The number of hydrogen-bond acceptors (Lipinski definition) is 3. The Morgan fingerprint density at radius 2 is 2.17 bits per heavy atom.